The van der Waals surface area contributed by atoms with E-state index in [9.17, 15) is 9.59 Å². The van der Waals surface area contributed by atoms with E-state index < -0.39 is 6.10 Å². The molecule has 3 rings (SSSR count). The molecule has 2 aromatic carbocycles. The molecule has 0 aliphatic heterocycles. The molecule has 2 amide bonds. The van der Waals surface area contributed by atoms with Gasteiger partial charge in [0.05, 0.1) is 0 Å². The fraction of sp³-hybridized carbons (Fsp3) is 0.333. The number of rotatable bonds is 7. The van der Waals surface area contributed by atoms with Crippen LogP contribution in [-0.4, -0.2) is 35.9 Å². The predicted octanol–water partition coefficient (Wildman–Crippen LogP) is 3.66. The third-order valence-corrected chi connectivity index (χ3v) is 4.76. The topological polar surface area (TPSA) is 58.6 Å². The monoisotopic (exact) mass is 386 g/mol. The summed E-state index contributed by atoms with van der Waals surface area (Å²) in [5.41, 5.74) is 1.58. The lowest BCUT2D eigenvalue weighted by atomic mass is 10.1. The van der Waals surface area contributed by atoms with E-state index in [4.69, 9.17) is 16.3 Å². The highest BCUT2D eigenvalue weighted by Crippen LogP contribution is 2.30. The van der Waals surface area contributed by atoms with Crippen LogP contribution in [0.15, 0.2) is 48.5 Å². The Labute approximate surface area is 164 Å². The quantitative estimate of drug-likeness (QED) is 0.790. The Morgan fingerprint density at radius 3 is 2.52 bits per heavy atom. The van der Waals surface area contributed by atoms with E-state index in [1.165, 1.54) is 0 Å². The highest BCUT2D eigenvalue weighted by atomic mass is 35.5. The minimum Gasteiger partial charge on any atom is -0.481 e. The fourth-order valence-electron chi connectivity index (χ4n) is 2.90. The maximum atomic E-state index is 12.9. The van der Waals surface area contributed by atoms with E-state index in [2.05, 4.69) is 5.32 Å². The summed E-state index contributed by atoms with van der Waals surface area (Å²) in [7, 11) is 1.60. The Hall–Kier alpha value is -2.53. The number of ether oxygens (including phenoxy) is 1. The van der Waals surface area contributed by atoms with Crippen LogP contribution in [0.25, 0.3) is 0 Å². The number of halogens is 1. The maximum Gasteiger partial charge on any atom is 0.263 e. The fourth-order valence-corrected chi connectivity index (χ4v) is 3.08. The van der Waals surface area contributed by atoms with Crippen LogP contribution in [0.4, 0.5) is 0 Å². The van der Waals surface area contributed by atoms with Gasteiger partial charge in [-0.15, -0.1) is 0 Å². The molecule has 1 fully saturated rings. The normalized spacial score (nSPS) is 14.3. The third kappa shape index (κ3) is 5.01. The highest BCUT2D eigenvalue weighted by Gasteiger charge is 2.35. The van der Waals surface area contributed by atoms with Crippen molar-refractivity contribution in [1.29, 1.82) is 0 Å². The molecule has 1 aliphatic rings. The van der Waals surface area contributed by atoms with Crippen LogP contribution in [-0.2, 0) is 11.3 Å². The molecule has 1 atom stereocenters. The Kier molecular flexibility index (Phi) is 6.01. The second-order valence-electron chi connectivity index (χ2n) is 6.69. The maximum absolute atomic E-state index is 12.9. The molecule has 142 valence electrons. The van der Waals surface area contributed by atoms with Crippen molar-refractivity contribution >= 4 is 23.4 Å². The SMILES string of the molecule is CNC(=O)c1ccc(CN(C(=O)C(C)Oc2cccc(Cl)c2)C2CC2)cc1. The van der Waals surface area contributed by atoms with E-state index in [-0.39, 0.29) is 17.9 Å². The molecule has 0 heterocycles. The molecule has 0 aromatic heterocycles. The number of nitrogens with one attached hydrogen (secondary N) is 1. The molecular weight excluding hydrogens is 364 g/mol. The van der Waals surface area contributed by atoms with Crippen LogP contribution in [0.5, 0.6) is 5.75 Å². The summed E-state index contributed by atoms with van der Waals surface area (Å²) >= 11 is 5.98. The van der Waals surface area contributed by atoms with E-state index in [0.717, 1.165) is 18.4 Å². The summed E-state index contributed by atoms with van der Waals surface area (Å²) in [5.74, 6) is 0.405. The van der Waals surface area contributed by atoms with E-state index in [1.807, 2.05) is 17.0 Å². The number of nitrogens with zero attached hydrogens (tertiary/aromatic N) is 1. The molecule has 27 heavy (non-hydrogen) atoms. The zero-order valence-electron chi connectivity index (χ0n) is 15.4. The van der Waals surface area contributed by atoms with Crippen molar-refractivity contribution in [3.63, 3.8) is 0 Å². The van der Waals surface area contributed by atoms with Gasteiger partial charge in [0, 0.05) is 30.2 Å². The lowest BCUT2D eigenvalue weighted by Gasteiger charge is -2.26. The Morgan fingerprint density at radius 2 is 1.93 bits per heavy atom. The zero-order valence-corrected chi connectivity index (χ0v) is 16.2. The molecule has 0 radical (unpaired) electrons. The van der Waals surface area contributed by atoms with Crippen LogP contribution in [0.3, 0.4) is 0 Å². The van der Waals surface area contributed by atoms with Gasteiger partial charge in [-0.3, -0.25) is 9.59 Å². The first-order chi connectivity index (χ1) is 13.0. The van der Waals surface area contributed by atoms with Gasteiger partial charge in [-0.25, -0.2) is 0 Å². The number of carbonyl (C=O) groups excluding carboxylic acids is 2. The number of hydrogen-bond acceptors (Lipinski definition) is 3. The first-order valence-electron chi connectivity index (χ1n) is 9.01. The third-order valence-electron chi connectivity index (χ3n) is 4.52. The lowest BCUT2D eigenvalue weighted by Crippen LogP contribution is -2.41. The van der Waals surface area contributed by atoms with Crippen LogP contribution in [0.1, 0.15) is 35.7 Å². The van der Waals surface area contributed by atoms with Crippen molar-refractivity contribution in [1.82, 2.24) is 10.2 Å². The average Bonchev–Trinajstić information content (AvgIpc) is 3.50. The standard InChI is InChI=1S/C21H23ClN2O3/c1-14(27-19-5-3-4-17(22)12-19)21(26)24(18-10-11-18)13-15-6-8-16(9-7-15)20(25)23-2/h3-9,12,14,18H,10-11,13H2,1-2H3,(H,23,25). The van der Waals surface area contributed by atoms with Gasteiger partial charge in [0.25, 0.3) is 11.8 Å². The minimum atomic E-state index is -0.603. The number of amides is 2. The molecule has 1 N–H and O–H groups in total. The molecule has 0 spiro atoms. The summed E-state index contributed by atoms with van der Waals surface area (Å²) in [6.07, 6.45) is 1.41. The van der Waals surface area contributed by atoms with E-state index in [0.29, 0.717) is 22.9 Å². The summed E-state index contributed by atoms with van der Waals surface area (Å²) < 4.78 is 5.79. The molecule has 0 bridgehead atoms. The molecule has 2 aromatic rings. The largest absolute Gasteiger partial charge is 0.481 e. The van der Waals surface area contributed by atoms with Gasteiger partial charge in [0.1, 0.15) is 5.75 Å². The second-order valence-corrected chi connectivity index (χ2v) is 7.13. The number of benzene rings is 2. The van der Waals surface area contributed by atoms with Crippen LogP contribution in [0.2, 0.25) is 5.02 Å². The van der Waals surface area contributed by atoms with Gasteiger partial charge in [-0.1, -0.05) is 29.8 Å². The van der Waals surface area contributed by atoms with E-state index >= 15 is 0 Å². The van der Waals surface area contributed by atoms with Crippen LogP contribution >= 0.6 is 11.6 Å². The van der Waals surface area contributed by atoms with Crippen molar-refractivity contribution < 1.29 is 14.3 Å². The average molecular weight is 387 g/mol. The Bertz CT molecular complexity index is 818. The molecular formula is C21H23ClN2O3. The van der Waals surface area contributed by atoms with Gasteiger partial charge in [-0.05, 0) is 55.7 Å². The highest BCUT2D eigenvalue weighted by molar-refractivity contribution is 6.30. The second kappa shape index (κ2) is 8.44. The van der Waals surface area contributed by atoms with Crippen LogP contribution in [0, 0.1) is 0 Å². The van der Waals surface area contributed by atoms with Gasteiger partial charge >= 0.3 is 0 Å². The molecule has 1 saturated carbocycles. The molecule has 5 nitrogen and oxygen atoms in total. The minimum absolute atomic E-state index is 0.0483. The van der Waals surface area contributed by atoms with Crippen molar-refractivity contribution in [2.24, 2.45) is 0 Å². The van der Waals surface area contributed by atoms with E-state index in [1.54, 1.807) is 50.4 Å². The Balaban J connectivity index is 1.67. The number of hydrogen-bond donors (Lipinski definition) is 1. The molecule has 1 aliphatic carbocycles. The van der Waals surface area contributed by atoms with Gasteiger partial charge in [0.2, 0.25) is 0 Å². The lowest BCUT2D eigenvalue weighted by molar-refractivity contribution is -0.139. The van der Waals surface area contributed by atoms with Crippen LogP contribution < -0.4 is 10.1 Å². The van der Waals surface area contributed by atoms with Crippen molar-refractivity contribution in [2.45, 2.75) is 38.5 Å². The number of carbonyl (C=O) groups is 2. The van der Waals surface area contributed by atoms with Crippen molar-refractivity contribution in [3.8, 4) is 5.75 Å². The summed E-state index contributed by atoms with van der Waals surface area (Å²) in [5, 5.41) is 3.17. The summed E-state index contributed by atoms with van der Waals surface area (Å²) in [4.78, 5) is 26.5. The van der Waals surface area contributed by atoms with Gasteiger partial charge in [-0.2, -0.15) is 0 Å². The first-order valence-corrected chi connectivity index (χ1v) is 9.39. The van der Waals surface area contributed by atoms with Crippen molar-refractivity contribution in [2.75, 3.05) is 7.05 Å². The zero-order chi connectivity index (χ0) is 19.4. The predicted molar refractivity (Wildman–Crippen MR) is 105 cm³/mol. The van der Waals surface area contributed by atoms with Gasteiger partial charge in [0.15, 0.2) is 6.10 Å². The summed E-state index contributed by atoms with van der Waals surface area (Å²) in [6.45, 7) is 2.26. The Morgan fingerprint density at radius 1 is 1.22 bits per heavy atom. The molecule has 1 unspecified atom stereocenters. The van der Waals surface area contributed by atoms with Crippen molar-refractivity contribution in [3.05, 3.63) is 64.7 Å². The summed E-state index contributed by atoms with van der Waals surface area (Å²) in [6, 6.07) is 14.6. The molecule has 0 saturated heterocycles. The first kappa shape index (κ1) is 19.2. The van der Waals surface area contributed by atoms with Gasteiger partial charge < -0.3 is 15.0 Å². The smallest absolute Gasteiger partial charge is 0.263 e. The molecule has 6 heteroatoms.